The molecule has 1 amide bonds. The maximum Gasteiger partial charge on any atom is 0.244 e. The van der Waals surface area contributed by atoms with Gasteiger partial charge >= 0.3 is 0 Å². The van der Waals surface area contributed by atoms with E-state index in [1.54, 1.807) is 30.5 Å². The molecular weight excluding hydrogens is 362 g/mol. The number of carbonyl (C=O) groups is 1. The fourth-order valence-electron chi connectivity index (χ4n) is 2.53. The first-order valence-electron chi connectivity index (χ1n) is 8.64. The van der Waals surface area contributed by atoms with Gasteiger partial charge in [0, 0.05) is 23.9 Å². The number of hydrogen-bond acceptors (Lipinski definition) is 3. The van der Waals surface area contributed by atoms with Crippen LogP contribution in [0.15, 0.2) is 72.9 Å². The van der Waals surface area contributed by atoms with Crippen LogP contribution in [-0.2, 0) is 4.79 Å². The Hall–Kier alpha value is -3.54. The summed E-state index contributed by atoms with van der Waals surface area (Å²) in [5.41, 5.74) is 0.834. The van der Waals surface area contributed by atoms with Crippen LogP contribution in [0.1, 0.15) is 24.1 Å². The van der Waals surface area contributed by atoms with Crippen molar-refractivity contribution in [1.29, 1.82) is 0 Å². The second-order valence-electron chi connectivity index (χ2n) is 6.07. The molecule has 0 saturated heterocycles. The van der Waals surface area contributed by atoms with Gasteiger partial charge in [-0.3, -0.25) is 4.79 Å². The first-order chi connectivity index (χ1) is 13.5. The highest BCUT2D eigenvalue weighted by atomic mass is 19.1. The average molecular weight is 380 g/mol. The first kappa shape index (κ1) is 19.2. The predicted octanol–water partition coefficient (Wildman–Crippen LogP) is 5.04. The predicted molar refractivity (Wildman–Crippen MR) is 103 cm³/mol. The zero-order chi connectivity index (χ0) is 19.9. The first-order valence-corrected chi connectivity index (χ1v) is 8.64. The molecule has 1 unspecified atom stereocenters. The SMILES string of the molecule is CC(NC(=O)/C=C/c1cc(F)ccc1F)c1cccc(Oc2ccccn2)c1. The van der Waals surface area contributed by atoms with Crippen molar-refractivity contribution >= 4 is 12.0 Å². The van der Waals surface area contributed by atoms with E-state index in [-0.39, 0.29) is 11.6 Å². The average Bonchev–Trinajstić information content (AvgIpc) is 2.69. The summed E-state index contributed by atoms with van der Waals surface area (Å²) in [4.78, 5) is 16.2. The van der Waals surface area contributed by atoms with Gasteiger partial charge in [0.1, 0.15) is 17.4 Å². The lowest BCUT2D eigenvalue weighted by Crippen LogP contribution is -2.24. The molecule has 0 bridgehead atoms. The van der Waals surface area contributed by atoms with E-state index in [0.717, 1.165) is 23.8 Å². The summed E-state index contributed by atoms with van der Waals surface area (Å²) in [6, 6.07) is 15.4. The van der Waals surface area contributed by atoms with Crippen molar-refractivity contribution in [1.82, 2.24) is 10.3 Å². The molecule has 3 aromatic rings. The van der Waals surface area contributed by atoms with Crippen molar-refractivity contribution in [2.45, 2.75) is 13.0 Å². The second kappa shape index (κ2) is 8.90. The van der Waals surface area contributed by atoms with Crippen LogP contribution in [0.25, 0.3) is 6.08 Å². The number of benzene rings is 2. The molecule has 0 fully saturated rings. The molecule has 28 heavy (non-hydrogen) atoms. The number of rotatable bonds is 6. The van der Waals surface area contributed by atoms with E-state index in [9.17, 15) is 13.6 Å². The van der Waals surface area contributed by atoms with Crippen LogP contribution in [0.5, 0.6) is 11.6 Å². The third-order valence-electron chi connectivity index (χ3n) is 3.95. The maximum absolute atomic E-state index is 13.6. The van der Waals surface area contributed by atoms with Crippen LogP contribution in [-0.4, -0.2) is 10.9 Å². The van der Waals surface area contributed by atoms with E-state index in [1.807, 2.05) is 25.1 Å². The Morgan fingerprint density at radius 1 is 1.11 bits per heavy atom. The Morgan fingerprint density at radius 3 is 2.75 bits per heavy atom. The molecule has 4 nitrogen and oxygen atoms in total. The molecule has 2 aromatic carbocycles. The zero-order valence-electron chi connectivity index (χ0n) is 15.1. The fourth-order valence-corrected chi connectivity index (χ4v) is 2.53. The normalized spacial score (nSPS) is 12.0. The largest absolute Gasteiger partial charge is 0.439 e. The molecule has 6 heteroatoms. The molecule has 0 aliphatic carbocycles. The van der Waals surface area contributed by atoms with Crippen molar-refractivity contribution < 1.29 is 18.3 Å². The standard InChI is InChI=1S/C22H18F2N2O2/c1-15(26-21(27)11-8-17-13-18(23)9-10-20(17)24)16-5-4-6-19(14-16)28-22-7-2-3-12-25-22/h2-15H,1H3,(H,26,27)/b11-8+. The van der Waals surface area contributed by atoms with Crippen molar-refractivity contribution in [2.75, 3.05) is 0 Å². The monoisotopic (exact) mass is 380 g/mol. The Labute approximate surface area is 161 Å². The van der Waals surface area contributed by atoms with E-state index in [4.69, 9.17) is 4.74 Å². The van der Waals surface area contributed by atoms with Gasteiger partial charge in [0.2, 0.25) is 11.8 Å². The number of aromatic nitrogens is 1. The zero-order valence-corrected chi connectivity index (χ0v) is 15.1. The third-order valence-corrected chi connectivity index (χ3v) is 3.95. The molecule has 1 N–H and O–H groups in total. The minimum atomic E-state index is -0.599. The number of carbonyl (C=O) groups excluding carboxylic acids is 1. The fraction of sp³-hybridized carbons (Fsp3) is 0.0909. The lowest BCUT2D eigenvalue weighted by molar-refractivity contribution is -0.117. The summed E-state index contributed by atoms with van der Waals surface area (Å²) in [5.74, 6) is -0.532. The summed E-state index contributed by atoms with van der Waals surface area (Å²) in [6.45, 7) is 1.81. The van der Waals surface area contributed by atoms with E-state index in [2.05, 4.69) is 10.3 Å². The molecule has 3 rings (SSSR count). The van der Waals surface area contributed by atoms with Gasteiger partial charge in [-0.25, -0.2) is 13.8 Å². The molecule has 1 atom stereocenters. The molecule has 142 valence electrons. The van der Waals surface area contributed by atoms with E-state index in [1.165, 1.54) is 12.2 Å². The Morgan fingerprint density at radius 2 is 1.96 bits per heavy atom. The van der Waals surface area contributed by atoms with Crippen molar-refractivity contribution in [2.24, 2.45) is 0 Å². The minimum Gasteiger partial charge on any atom is -0.439 e. The van der Waals surface area contributed by atoms with Gasteiger partial charge in [-0.05, 0) is 55.0 Å². The van der Waals surface area contributed by atoms with Gasteiger partial charge in [-0.15, -0.1) is 0 Å². The number of nitrogens with zero attached hydrogens (tertiary/aromatic N) is 1. The molecule has 1 heterocycles. The summed E-state index contributed by atoms with van der Waals surface area (Å²) < 4.78 is 32.5. The van der Waals surface area contributed by atoms with Crippen LogP contribution < -0.4 is 10.1 Å². The summed E-state index contributed by atoms with van der Waals surface area (Å²) in [6.07, 6.45) is 4.04. The van der Waals surface area contributed by atoms with Gasteiger partial charge < -0.3 is 10.1 Å². The highest BCUT2D eigenvalue weighted by Gasteiger charge is 2.10. The quantitative estimate of drug-likeness (QED) is 0.610. The number of hydrogen-bond donors (Lipinski definition) is 1. The Balaban J connectivity index is 1.64. The van der Waals surface area contributed by atoms with Crippen LogP contribution in [0.4, 0.5) is 8.78 Å². The second-order valence-corrected chi connectivity index (χ2v) is 6.07. The van der Waals surface area contributed by atoms with E-state index >= 15 is 0 Å². The Bertz CT molecular complexity index is 991. The van der Waals surface area contributed by atoms with Crippen LogP contribution in [0.2, 0.25) is 0 Å². The minimum absolute atomic E-state index is 0.00793. The number of halogens is 2. The van der Waals surface area contributed by atoms with Crippen molar-refractivity contribution in [3.05, 3.63) is 95.7 Å². The topological polar surface area (TPSA) is 51.2 Å². The van der Waals surface area contributed by atoms with E-state index < -0.39 is 17.5 Å². The molecule has 0 spiro atoms. The Kier molecular flexibility index (Phi) is 6.11. The molecule has 1 aromatic heterocycles. The van der Waals surface area contributed by atoms with Crippen LogP contribution in [0, 0.1) is 11.6 Å². The summed E-state index contributed by atoms with van der Waals surface area (Å²) in [5, 5.41) is 2.78. The van der Waals surface area contributed by atoms with Gasteiger partial charge in [0.25, 0.3) is 0 Å². The molecular formula is C22H18F2N2O2. The number of ether oxygens (including phenoxy) is 1. The number of amides is 1. The van der Waals surface area contributed by atoms with Crippen LogP contribution >= 0.6 is 0 Å². The van der Waals surface area contributed by atoms with Gasteiger partial charge in [0.05, 0.1) is 6.04 Å². The number of pyridine rings is 1. The summed E-state index contributed by atoms with van der Waals surface area (Å²) >= 11 is 0. The van der Waals surface area contributed by atoms with Gasteiger partial charge in [-0.1, -0.05) is 18.2 Å². The van der Waals surface area contributed by atoms with E-state index in [0.29, 0.717) is 11.6 Å². The molecule has 0 radical (unpaired) electrons. The van der Waals surface area contributed by atoms with Crippen molar-refractivity contribution in [3.63, 3.8) is 0 Å². The van der Waals surface area contributed by atoms with Gasteiger partial charge in [0.15, 0.2) is 0 Å². The number of nitrogens with one attached hydrogen (secondary N) is 1. The lowest BCUT2D eigenvalue weighted by Gasteiger charge is -2.14. The maximum atomic E-state index is 13.6. The van der Waals surface area contributed by atoms with Crippen molar-refractivity contribution in [3.8, 4) is 11.6 Å². The highest BCUT2D eigenvalue weighted by molar-refractivity contribution is 5.92. The highest BCUT2D eigenvalue weighted by Crippen LogP contribution is 2.23. The van der Waals surface area contributed by atoms with Gasteiger partial charge in [-0.2, -0.15) is 0 Å². The molecule has 0 saturated carbocycles. The smallest absolute Gasteiger partial charge is 0.244 e. The molecule has 0 aliphatic heterocycles. The van der Waals surface area contributed by atoms with Crippen LogP contribution in [0.3, 0.4) is 0 Å². The summed E-state index contributed by atoms with van der Waals surface area (Å²) in [7, 11) is 0. The third kappa shape index (κ3) is 5.23. The molecule has 0 aliphatic rings. The lowest BCUT2D eigenvalue weighted by atomic mass is 10.1.